The second-order valence-electron chi connectivity index (χ2n) is 4.53. The van der Waals surface area contributed by atoms with Crippen LogP contribution >= 0.6 is 23.7 Å². The van der Waals surface area contributed by atoms with E-state index in [4.69, 9.17) is 8.62 Å². The first-order chi connectivity index (χ1) is 10.6. The summed E-state index contributed by atoms with van der Waals surface area (Å²) < 4.78 is 45.2. The molecule has 0 fully saturated rings. The first-order valence-electron chi connectivity index (χ1n) is 6.38. The third-order valence-electron chi connectivity index (χ3n) is 2.47. The lowest BCUT2D eigenvalue weighted by atomic mass is 10.4. The highest BCUT2D eigenvalue weighted by molar-refractivity contribution is 7.66. The van der Waals surface area contributed by atoms with Gasteiger partial charge < -0.3 is 0 Å². The molecule has 2 atom stereocenters. The molecule has 0 saturated heterocycles. The Balaban J connectivity index is 2.80. The number of allylic oxidation sites excluding steroid dienone is 2. The van der Waals surface area contributed by atoms with Gasteiger partial charge in [-0.15, -0.1) is 0 Å². The van der Waals surface area contributed by atoms with Crippen molar-refractivity contribution in [2.45, 2.75) is 13.5 Å². The number of H-pyrrole nitrogens is 1. The lowest BCUT2D eigenvalue weighted by Crippen LogP contribution is -2.30. The highest BCUT2D eigenvalue weighted by Crippen LogP contribution is 2.59. The summed E-state index contributed by atoms with van der Waals surface area (Å²) in [5.41, 5.74) is -0.657. The molecule has 0 amide bonds. The lowest BCUT2D eigenvalue weighted by Gasteiger charge is -2.03. The van der Waals surface area contributed by atoms with E-state index in [1.807, 2.05) is 0 Å². The number of hydrogen-bond acceptors (Lipinski definition) is 7. The number of aryl methyl sites for hydroxylation is 1. The Bertz CT molecular complexity index is 776. The van der Waals surface area contributed by atoms with Crippen LogP contribution in [0.3, 0.4) is 0 Å². The molecule has 1 rings (SSSR count). The number of hydrogen-bond donors (Lipinski definition) is 1. The monoisotopic (exact) mass is 382 g/mol. The molecule has 0 saturated carbocycles. The molecule has 0 aliphatic carbocycles. The SMILES string of the molecule is Cc1cn(C/C=C\CP(=O)(O[P+](C)=O)O[P+](C)=O)c(=O)[nH]c1=O. The van der Waals surface area contributed by atoms with E-state index in [0.29, 0.717) is 5.56 Å². The van der Waals surface area contributed by atoms with Crippen molar-refractivity contribution in [1.29, 1.82) is 0 Å². The quantitative estimate of drug-likeness (QED) is 0.541. The van der Waals surface area contributed by atoms with Gasteiger partial charge in [0, 0.05) is 18.3 Å². The maximum absolute atomic E-state index is 12.2. The standard InChI is InChI=1S/C11H16N2O7P3/c1-9-8-13(11(15)12-10(9)14)6-4-5-7-23(18,19-21(2)16)20-22(3)17/h4-5,8H,6-7H2,1-3H3/q+1/p+1/b5-4-. The van der Waals surface area contributed by atoms with E-state index in [1.54, 1.807) is 6.92 Å². The molecule has 1 aromatic heterocycles. The van der Waals surface area contributed by atoms with Gasteiger partial charge in [0.15, 0.2) is 13.3 Å². The van der Waals surface area contributed by atoms with Gasteiger partial charge in [0.1, 0.15) is 0 Å². The van der Waals surface area contributed by atoms with E-state index in [-0.39, 0.29) is 12.7 Å². The largest absolute Gasteiger partial charge is 0.513 e. The minimum atomic E-state index is -3.78. The van der Waals surface area contributed by atoms with Gasteiger partial charge in [-0.2, -0.15) is 0 Å². The topological polar surface area (TPSA) is 125 Å². The molecule has 1 aromatic rings. The fraction of sp³-hybridized carbons (Fsp3) is 0.455. The molecular formula is C11H17N2O7P3+2. The Hall–Kier alpha value is -1.23. The van der Waals surface area contributed by atoms with Gasteiger partial charge in [0.2, 0.25) is 0 Å². The van der Waals surface area contributed by atoms with Gasteiger partial charge in [0.05, 0.1) is 6.16 Å². The van der Waals surface area contributed by atoms with Crippen LogP contribution in [0.1, 0.15) is 5.56 Å². The third-order valence-corrected chi connectivity index (χ3v) is 6.95. The van der Waals surface area contributed by atoms with Gasteiger partial charge in [-0.25, -0.2) is 4.79 Å². The average molecular weight is 382 g/mol. The molecule has 0 aromatic carbocycles. The molecule has 0 radical (unpaired) electrons. The molecular weight excluding hydrogens is 365 g/mol. The minimum Gasteiger partial charge on any atom is -0.297 e. The van der Waals surface area contributed by atoms with Crippen LogP contribution in [0.15, 0.2) is 27.9 Å². The van der Waals surface area contributed by atoms with Crippen LogP contribution in [-0.4, -0.2) is 29.0 Å². The smallest absolute Gasteiger partial charge is 0.297 e. The predicted octanol–water partition coefficient (Wildman–Crippen LogP) is 2.37. The second kappa shape index (κ2) is 8.57. The molecule has 0 bridgehead atoms. The van der Waals surface area contributed by atoms with E-state index >= 15 is 0 Å². The van der Waals surface area contributed by atoms with Gasteiger partial charge in [-0.05, 0) is 16.1 Å². The zero-order valence-corrected chi connectivity index (χ0v) is 15.5. The zero-order valence-electron chi connectivity index (χ0n) is 12.8. The maximum atomic E-state index is 12.2. The lowest BCUT2D eigenvalue weighted by molar-refractivity contribution is 0.397. The van der Waals surface area contributed by atoms with Crippen molar-refractivity contribution in [1.82, 2.24) is 9.55 Å². The van der Waals surface area contributed by atoms with E-state index in [0.717, 1.165) is 0 Å². The molecule has 1 N–H and O–H groups in total. The summed E-state index contributed by atoms with van der Waals surface area (Å²) in [5.74, 6) is 0. The summed E-state index contributed by atoms with van der Waals surface area (Å²) in [6.07, 6.45) is 4.06. The van der Waals surface area contributed by atoms with Crippen LogP contribution in [0.4, 0.5) is 0 Å². The first-order valence-corrected chi connectivity index (χ1v) is 11.4. The third kappa shape index (κ3) is 6.81. The molecule has 23 heavy (non-hydrogen) atoms. The van der Waals surface area contributed by atoms with Crippen LogP contribution in [0.5, 0.6) is 0 Å². The summed E-state index contributed by atoms with van der Waals surface area (Å²) in [6, 6.07) is 0. The van der Waals surface area contributed by atoms with Crippen LogP contribution < -0.4 is 11.2 Å². The van der Waals surface area contributed by atoms with E-state index < -0.39 is 34.9 Å². The number of rotatable bonds is 8. The fourth-order valence-corrected chi connectivity index (χ4v) is 5.71. The molecule has 0 aliphatic rings. The van der Waals surface area contributed by atoms with Crippen molar-refractivity contribution in [2.24, 2.45) is 0 Å². The second-order valence-corrected chi connectivity index (χ2v) is 9.18. The Kier molecular flexibility index (Phi) is 7.39. The van der Waals surface area contributed by atoms with Gasteiger partial charge in [-0.1, -0.05) is 20.8 Å². The van der Waals surface area contributed by atoms with Crippen molar-refractivity contribution in [2.75, 3.05) is 19.5 Å². The van der Waals surface area contributed by atoms with Crippen molar-refractivity contribution in [3.63, 3.8) is 0 Å². The van der Waals surface area contributed by atoms with E-state index in [2.05, 4.69) is 4.98 Å². The van der Waals surface area contributed by atoms with E-state index in [9.17, 15) is 23.3 Å². The molecule has 9 nitrogen and oxygen atoms in total. The van der Waals surface area contributed by atoms with Crippen molar-refractivity contribution in [3.05, 3.63) is 44.8 Å². The first kappa shape index (κ1) is 19.8. The van der Waals surface area contributed by atoms with Crippen molar-refractivity contribution in [3.8, 4) is 0 Å². The van der Waals surface area contributed by atoms with Crippen LogP contribution in [-0.2, 0) is 28.9 Å². The van der Waals surface area contributed by atoms with Crippen LogP contribution in [0.25, 0.3) is 0 Å². The molecule has 12 heteroatoms. The molecule has 1 heterocycles. The molecule has 2 unspecified atom stereocenters. The normalized spacial score (nSPS) is 15.4. The summed E-state index contributed by atoms with van der Waals surface area (Å²) in [7, 11) is -8.17. The zero-order chi connectivity index (χ0) is 17.6. The van der Waals surface area contributed by atoms with Gasteiger partial charge in [0.25, 0.3) is 5.56 Å². The van der Waals surface area contributed by atoms with Gasteiger partial charge in [-0.3, -0.25) is 18.9 Å². The Morgan fingerprint density at radius 1 is 1.22 bits per heavy atom. The Morgan fingerprint density at radius 3 is 2.30 bits per heavy atom. The molecule has 126 valence electrons. The van der Waals surface area contributed by atoms with Crippen molar-refractivity contribution >= 4 is 23.7 Å². The fourth-order valence-electron chi connectivity index (χ4n) is 1.58. The van der Waals surface area contributed by atoms with Crippen molar-refractivity contribution < 1.29 is 22.3 Å². The molecule has 0 spiro atoms. The summed E-state index contributed by atoms with van der Waals surface area (Å²) >= 11 is 0. The number of nitrogens with zero attached hydrogens (tertiary/aromatic N) is 1. The van der Waals surface area contributed by atoms with Gasteiger partial charge >= 0.3 is 29.3 Å². The van der Waals surface area contributed by atoms with E-state index in [1.165, 1.54) is 36.2 Å². The highest BCUT2D eigenvalue weighted by Gasteiger charge is 2.39. The maximum Gasteiger partial charge on any atom is 0.513 e. The van der Waals surface area contributed by atoms with Crippen LogP contribution in [0.2, 0.25) is 0 Å². The summed E-state index contributed by atoms with van der Waals surface area (Å²) in [5, 5.41) is 0. The summed E-state index contributed by atoms with van der Waals surface area (Å²) in [4.78, 5) is 25.0. The highest BCUT2D eigenvalue weighted by atomic mass is 31.3. The Morgan fingerprint density at radius 2 is 1.78 bits per heavy atom. The number of aromatic amines is 1. The number of aromatic nitrogens is 2. The average Bonchev–Trinajstić information content (AvgIpc) is 2.38. The predicted molar refractivity (Wildman–Crippen MR) is 86.9 cm³/mol. The Labute approximate surface area is 134 Å². The minimum absolute atomic E-state index is 0.118. The molecule has 0 aliphatic heterocycles. The summed E-state index contributed by atoms with van der Waals surface area (Å²) in [6.45, 7) is 4.10. The van der Waals surface area contributed by atoms with Crippen LogP contribution in [0, 0.1) is 6.92 Å². The number of nitrogens with one attached hydrogen (secondary N) is 1.